The normalized spacial score (nSPS) is 15.8. The average Bonchev–Trinajstić information content (AvgIpc) is 3.36. The minimum Gasteiger partial charge on any atom is -0.344 e. The number of carbonyl (C=O) groups is 3. The molecule has 1 saturated carbocycles. The number of benzene rings is 1. The van der Waals surface area contributed by atoms with Crippen LogP contribution in [-0.2, 0) is 14.4 Å². The monoisotopic (exact) mass is 459 g/mol. The van der Waals surface area contributed by atoms with Crippen LogP contribution in [-0.4, -0.2) is 33.5 Å². The number of aromatic nitrogens is 2. The van der Waals surface area contributed by atoms with Gasteiger partial charge in [-0.2, -0.15) is 5.10 Å². The highest BCUT2D eigenvalue weighted by molar-refractivity contribution is 6.34. The van der Waals surface area contributed by atoms with E-state index in [0.29, 0.717) is 16.4 Å². The number of rotatable bonds is 7. The summed E-state index contributed by atoms with van der Waals surface area (Å²) in [6, 6.07) is 5.73. The van der Waals surface area contributed by atoms with Gasteiger partial charge in [-0.15, -0.1) is 0 Å². The van der Waals surface area contributed by atoms with Gasteiger partial charge in [0.2, 0.25) is 17.7 Å². The van der Waals surface area contributed by atoms with Crippen molar-refractivity contribution >= 4 is 40.7 Å². The fourth-order valence-electron chi connectivity index (χ4n) is 4.21. The maximum Gasteiger partial charge on any atom is 0.248 e. The number of carbonyl (C=O) groups excluding carboxylic acids is 3. The summed E-state index contributed by atoms with van der Waals surface area (Å²) in [4.78, 5) is 37.1. The summed E-state index contributed by atoms with van der Waals surface area (Å²) < 4.78 is 1.67. The van der Waals surface area contributed by atoms with Crippen molar-refractivity contribution in [2.24, 2.45) is 5.92 Å². The highest BCUT2D eigenvalue weighted by Crippen LogP contribution is 2.30. The van der Waals surface area contributed by atoms with Gasteiger partial charge in [-0.3, -0.25) is 19.1 Å². The van der Waals surface area contributed by atoms with Crippen LogP contribution < -0.4 is 16.0 Å². The molecule has 1 aromatic carbocycles. The summed E-state index contributed by atoms with van der Waals surface area (Å²) >= 11 is 6.38. The van der Waals surface area contributed by atoms with Gasteiger partial charge in [-0.1, -0.05) is 24.4 Å². The Morgan fingerprint density at radius 2 is 1.78 bits per heavy atom. The van der Waals surface area contributed by atoms with Crippen LogP contribution in [0.5, 0.6) is 0 Å². The molecule has 1 heterocycles. The maximum atomic E-state index is 12.8. The van der Waals surface area contributed by atoms with Crippen molar-refractivity contribution < 1.29 is 14.4 Å². The third kappa shape index (κ3) is 5.68. The second-order valence-electron chi connectivity index (χ2n) is 8.44. The lowest BCUT2D eigenvalue weighted by atomic mass is 9.97. The van der Waals surface area contributed by atoms with Gasteiger partial charge in [0.15, 0.2) is 0 Å². The van der Waals surface area contributed by atoms with Crippen LogP contribution in [0.1, 0.15) is 57.0 Å². The summed E-state index contributed by atoms with van der Waals surface area (Å²) in [6.45, 7) is 6.95. The van der Waals surface area contributed by atoms with Crippen LogP contribution in [0.2, 0.25) is 5.02 Å². The molecule has 32 heavy (non-hydrogen) atoms. The third-order valence-corrected chi connectivity index (χ3v) is 6.11. The van der Waals surface area contributed by atoms with E-state index >= 15 is 0 Å². The summed E-state index contributed by atoms with van der Waals surface area (Å²) in [5, 5.41) is 13.1. The molecule has 0 bridgehead atoms. The minimum absolute atomic E-state index is 0.129. The molecule has 0 radical (unpaired) electrons. The van der Waals surface area contributed by atoms with Gasteiger partial charge in [0, 0.05) is 18.3 Å². The number of hydrogen-bond donors (Lipinski definition) is 3. The molecule has 1 aliphatic carbocycles. The Hall–Kier alpha value is -2.87. The summed E-state index contributed by atoms with van der Waals surface area (Å²) in [7, 11) is 0. The van der Waals surface area contributed by atoms with Gasteiger partial charge >= 0.3 is 0 Å². The number of nitrogens with zero attached hydrogens (tertiary/aromatic N) is 2. The van der Waals surface area contributed by atoms with Gasteiger partial charge < -0.3 is 16.0 Å². The minimum atomic E-state index is -0.574. The van der Waals surface area contributed by atoms with E-state index < -0.39 is 12.1 Å². The second-order valence-corrected chi connectivity index (χ2v) is 8.85. The third-order valence-electron chi connectivity index (χ3n) is 5.80. The molecule has 0 spiro atoms. The SMILES string of the molecule is CC(=O)NC(C(=O)Nc1ccc(NC(=O)C(C)n2nc(C)cc2C)c(Cl)c1)C1CCCC1. The van der Waals surface area contributed by atoms with E-state index in [0.717, 1.165) is 37.1 Å². The number of hydrogen-bond acceptors (Lipinski definition) is 4. The van der Waals surface area contributed by atoms with E-state index in [1.807, 2.05) is 19.9 Å². The first-order valence-electron chi connectivity index (χ1n) is 10.9. The molecule has 3 rings (SSSR count). The van der Waals surface area contributed by atoms with Crippen molar-refractivity contribution in [1.82, 2.24) is 15.1 Å². The average molecular weight is 460 g/mol. The maximum absolute atomic E-state index is 12.8. The molecule has 3 amide bonds. The molecule has 8 nitrogen and oxygen atoms in total. The van der Waals surface area contributed by atoms with Crippen LogP contribution in [0.3, 0.4) is 0 Å². The molecule has 172 valence electrons. The first kappa shape index (κ1) is 23.8. The Labute approximate surface area is 193 Å². The number of anilines is 2. The Balaban J connectivity index is 1.67. The largest absolute Gasteiger partial charge is 0.344 e. The van der Waals surface area contributed by atoms with E-state index in [2.05, 4.69) is 21.0 Å². The number of halogens is 1. The lowest BCUT2D eigenvalue weighted by Crippen LogP contribution is -2.47. The van der Waals surface area contributed by atoms with Crippen molar-refractivity contribution in [3.8, 4) is 0 Å². The van der Waals surface area contributed by atoms with E-state index in [1.165, 1.54) is 6.92 Å². The van der Waals surface area contributed by atoms with Gasteiger partial charge in [-0.05, 0) is 63.8 Å². The molecular formula is C23H30ClN5O3. The van der Waals surface area contributed by atoms with Crippen molar-refractivity contribution in [2.45, 2.75) is 65.5 Å². The summed E-state index contributed by atoms with van der Waals surface area (Å²) in [5.41, 5.74) is 2.68. The molecule has 3 N–H and O–H groups in total. The smallest absolute Gasteiger partial charge is 0.248 e. The lowest BCUT2D eigenvalue weighted by molar-refractivity contribution is -0.126. The van der Waals surface area contributed by atoms with Crippen molar-refractivity contribution in [1.29, 1.82) is 0 Å². The lowest BCUT2D eigenvalue weighted by Gasteiger charge is -2.23. The molecule has 2 aromatic rings. The van der Waals surface area contributed by atoms with Gasteiger partial charge in [0.1, 0.15) is 12.1 Å². The molecular weight excluding hydrogens is 430 g/mol. The highest BCUT2D eigenvalue weighted by atomic mass is 35.5. The number of nitrogens with one attached hydrogen (secondary N) is 3. The molecule has 1 aliphatic rings. The topological polar surface area (TPSA) is 105 Å². The van der Waals surface area contributed by atoms with E-state index in [1.54, 1.807) is 29.8 Å². The summed E-state index contributed by atoms with van der Waals surface area (Å²) in [6.07, 6.45) is 3.95. The fourth-order valence-corrected chi connectivity index (χ4v) is 4.44. The zero-order valence-corrected chi connectivity index (χ0v) is 19.6. The molecule has 9 heteroatoms. The molecule has 0 aliphatic heterocycles. The predicted molar refractivity (Wildman–Crippen MR) is 125 cm³/mol. The van der Waals surface area contributed by atoms with Crippen molar-refractivity contribution in [3.63, 3.8) is 0 Å². The number of aryl methyl sites for hydroxylation is 2. The Bertz CT molecular complexity index is 1010. The predicted octanol–water partition coefficient (Wildman–Crippen LogP) is 3.99. The van der Waals surface area contributed by atoms with Crippen molar-refractivity contribution in [2.75, 3.05) is 10.6 Å². The van der Waals surface area contributed by atoms with E-state index in [-0.39, 0.29) is 23.6 Å². The van der Waals surface area contributed by atoms with Gasteiger partial charge in [0.05, 0.1) is 16.4 Å². The molecule has 2 atom stereocenters. The fraction of sp³-hybridized carbons (Fsp3) is 0.478. The van der Waals surface area contributed by atoms with Crippen LogP contribution in [0.25, 0.3) is 0 Å². The van der Waals surface area contributed by atoms with Gasteiger partial charge in [0.25, 0.3) is 0 Å². The van der Waals surface area contributed by atoms with Crippen LogP contribution in [0, 0.1) is 19.8 Å². The quantitative estimate of drug-likeness (QED) is 0.582. The Morgan fingerprint density at radius 3 is 2.34 bits per heavy atom. The van der Waals surface area contributed by atoms with Crippen LogP contribution in [0.15, 0.2) is 24.3 Å². The first-order chi connectivity index (χ1) is 15.2. The van der Waals surface area contributed by atoms with Gasteiger partial charge in [-0.25, -0.2) is 0 Å². The van der Waals surface area contributed by atoms with E-state index in [9.17, 15) is 14.4 Å². The molecule has 0 saturated heterocycles. The zero-order chi connectivity index (χ0) is 23.4. The Morgan fingerprint density at radius 1 is 1.09 bits per heavy atom. The van der Waals surface area contributed by atoms with Crippen LogP contribution in [0.4, 0.5) is 11.4 Å². The zero-order valence-electron chi connectivity index (χ0n) is 18.9. The molecule has 2 unspecified atom stereocenters. The first-order valence-corrected chi connectivity index (χ1v) is 11.2. The standard InChI is InChI=1S/C23H30ClN5O3/c1-13-11-14(2)29(28-13)15(3)22(31)27-20-10-9-18(12-19(20)24)26-23(32)21(25-16(4)30)17-7-5-6-8-17/h9-12,15,17,21H,5-8H2,1-4H3,(H,25,30)(H,26,32)(H,27,31). The van der Waals surface area contributed by atoms with E-state index in [4.69, 9.17) is 11.6 Å². The Kier molecular flexibility index (Phi) is 7.56. The second kappa shape index (κ2) is 10.2. The molecule has 1 fully saturated rings. The molecule has 1 aromatic heterocycles. The number of amides is 3. The highest BCUT2D eigenvalue weighted by Gasteiger charge is 2.31. The summed E-state index contributed by atoms with van der Waals surface area (Å²) in [5.74, 6) is -0.617. The van der Waals surface area contributed by atoms with Crippen molar-refractivity contribution in [3.05, 3.63) is 40.7 Å². The van der Waals surface area contributed by atoms with Crippen LogP contribution >= 0.6 is 11.6 Å².